The van der Waals surface area contributed by atoms with Crippen molar-refractivity contribution >= 4 is 5.78 Å². The molecule has 0 aliphatic carbocycles. The number of imidazole rings is 1. The van der Waals surface area contributed by atoms with Crippen LogP contribution in [0.3, 0.4) is 0 Å². The summed E-state index contributed by atoms with van der Waals surface area (Å²) < 4.78 is 2.16. The van der Waals surface area contributed by atoms with Crippen LogP contribution in [0.4, 0.5) is 0 Å². The summed E-state index contributed by atoms with van der Waals surface area (Å²) in [7, 11) is 0. The smallest absolute Gasteiger partial charge is 0.152 e. The van der Waals surface area contributed by atoms with Gasteiger partial charge in [0.15, 0.2) is 5.78 Å². The summed E-state index contributed by atoms with van der Waals surface area (Å²) in [5, 5.41) is 0. The van der Waals surface area contributed by atoms with Gasteiger partial charge in [0, 0.05) is 17.8 Å². The Hall–Kier alpha value is -1.12. The van der Waals surface area contributed by atoms with Crippen molar-refractivity contribution in [3.8, 4) is 0 Å². The average Bonchev–Trinajstić information content (AvgIpc) is 2.60. The molecule has 0 saturated heterocycles. The highest BCUT2D eigenvalue weighted by molar-refractivity contribution is 5.80. The first kappa shape index (κ1) is 10.4. The van der Waals surface area contributed by atoms with Crippen LogP contribution in [0.2, 0.25) is 0 Å². The van der Waals surface area contributed by atoms with E-state index in [1.54, 1.807) is 6.92 Å². The Bertz CT molecular complexity index is 379. The van der Waals surface area contributed by atoms with E-state index in [4.69, 9.17) is 0 Å². The number of rotatable bonds is 2. The van der Waals surface area contributed by atoms with Crippen molar-refractivity contribution in [1.82, 2.24) is 9.55 Å². The topological polar surface area (TPSA) is 34.9 Å². The van der Waals surface area contributed by atoms with Crippen molar-refractivity contribution in [2.24, 2.45) is 0 Å². The number of hydrogen-bond acceptors (Lipinski definition) is 2. The van der Waals surface area contributed by atoms with Crippen LogP contribution >= 0.6 is 0 Å². The lowest BCUT2D eigenvalue weighted by molar-refractivity contribution is -0.120. The summed E-state index contributed by atoms with van der Waals surface area (Å²) in [5.74, 6) is 1.71. The normalized spacial score (nSPS) is 20.4. The van der Waals surface area contributed by atoms with Crippen LogP contribution < -0.4 is 0 Å². The minimum Gasteiger partial charge on any atom is -0.321 e. The van der Waals surface area contributed by atoms with Crippen molar-refractivity contribution in [2.45, 2.75) is 52.0 Å². The molecule has 15 heavy (non-hydrogen) atoms. The van der Waals surface area contributed by atoms with Gasteiger partial charge >= 0.3 is 0 Å². The molecule has 0 N–H and O–H groups in total. The third kappa shape index (κ3) is 1.71. The highest BCUT2D eigenvalue weighted by Crippen LogP contribution is 2.29. The van der Waals surface area contributed by atoms with Crippen LogP contribution in [-0.4, -0.2) is 15.3 Å². The van der Waals surface area contributed by atoms with Crippen molar-refractivity contribution in [1.29, 1.82) is 0 Å². The van der Waals surface area contributed by atoms with Crippen LogP contribution in [0, 0.1) is 0 Å². The van der Waals surface area contributed by atoms with E-state index in [0.717, 1.165) is 25.1 Å². The monoisotopic (exact) mass is 206 g/mol. The van der Waals surface area contributed by atoms with E-state index in [9.17, 15) is 4.79 Å². The van der Waals surface area contributed by atoms with E-state index in [-0.39, 0.29) is 11.8 Å². The van der Waals surface area contributed by atoms with Gasteiger partial charge in [0.2, 0.25) is 0 Å². The average molecular weight is 206 g/mol. The molecule has 1 unspecified atom stereocenters. The number of carbonyl (C=O) groups is 1. The molecule has 0 fully saturated rings. The van der Waals surface area contributed by atoms with E-state index in [0.29, 0.717) is 5.92 Å². The molecular weight excluding hydrogens is 188 g/mol. The summed E-state index contributed by atoms with van der Waals surface area (Å²) in [4.78, 5) is 16.0. The van der Waals surface area contributed by atoms with Crippen molar-refractivity contribution in [2.75, 3.05) is 0 Å². The number of aromatic nitrogens is 2. The second kappa shape index (κ2) is 3.80. The summed E-state index contributed by atoms with van der Waals surface area (Å²) in [5.41, 5.74) is 1.23. The molecule has 2 heterocycles. The molecule has 0 amide bonds. The van der Waals surface area contributed by atoms with Gasteiger partial charge in [0.05, 0.1) is 6.04 Å². The second-order valence-electron chi connectivity index (χ2n) is 4.65. The number of Topliss-reactive ketones (excluding diaryl/α,β-unsaturated/α-hetero) is 1. The zero-order chi connectivity index (χ0) is 11.0. The van der Waals surface area contributed by atoms with Gasteiger partial charge in [-0.05, 0) is 26.2 Å². The summed E-state index contributed by atoms with van der Waals surface area (Å²) in [6.07, 6.45) is 5.07. The van der Waals surface area contributed by atoms with E-state index in [2.05, 4.69) is 23.4 Å². The summed E-state index contributed by atoms with van der Waals surface area (Å²) in [6.45, 7) is 5.94. The lowest BCUT2D eigenvalue weighted by Gasteiger charge is -2.26. The molecule has 1 aliphatic rings. The fourth-order valence-electron chi connectivity index (χ4n) is 2.37. The molecule has 1 aromatic heterocycles. The number of aryl methyl sites for hydroxylation is 1. The van der Waals surface area contributed by atoms with Crippen molar-refractivity contribution in [3.05, 3.63) is 17.7 Å². The SMILES string of the molecule is CC(=O)C1CCCc2cnc(C(C)C)n21. The minimum absolute atomic E-state index is 0.0358. The first-order chi connectivity index (χ1) is 7.11. The molecule has 0 aromatic carbocycles. The number of fused-ring (bicyclic) bond motifs is 1. The summed E-state index contributed by atoms with van der Waals surface area (Å²) >= 11 is 0. The molecule has 3 heteroatoms. The number of hydrogen-bond donors (Lipinski definition) is 0. The maximum absolute atomic E-state index is 11.6. The van der Waals surface area contributed by atoms with E-state index in [1.807, 2.05) is 6.20 Å². The Labute approximate surface area is 90.5 Å². The largest absolute Gasteiger partial charge is 0.321 e. The predicted octanol–water partition coefficient (Wildman–Crippen LogP) is 2.47. The molecule has 0 radical (unpaired) electrons. The number of carbonyl (C=O) groups excluding carboxylic acids is 1. The van der Waals surface area contributed by atoms with Gasteiger partial charge in [-0.3, -0.25) is 4.79 Å². The zero-order valence-corrected chi connectivity index (χ0v) is 9.66. The number of nitrogens with zero attached hydrogens (tertiary/aromatic N) is 2. The summed E-state index contributed by atoms with van der Waals surface area (Å²) in [6, 6.07) is 0.0358. The Morgan fingerprint density at radius 2 is 2.33 bits per heavy atom. The molecule has 0 saturated carbocycles. The highest BCUT2D eigenvalue weighted by atomic mass is 16.1. The molecule has 1 aliphatic heterocycles. The molecule has 0 bridgehead atoms. The van der Waals surface area contributed by atoms with E-state index < -0.39 is 0 Å². The lowest BCUT2D eigenvalue weighted by atomic mass is 9.99. The van der Waals surface area contributed by atoms with Gasteiger partial charge in [0.25, 0.3) is 0 Å². The molecule has 3 nitrogen and oxygen atoms in total. The van der Waals surface area contributed by atoms with Gasteiger partial charge in [0.1, 0.15) is 5.82 Å². The van der Waals surface area contributed by atoms with Gasteiger partial charge in [-0.1, -0.05) is 13.8 Å². The van der Waals surface area contributed by atoms with Gasteiger partial charge < -0.3 is 4.57 Å². The first-order valence-corrected chi connectivity index (χ1v) is 5.67. The standard InChI is InChI=1S/C12H18N2O/c1-8(2)12-13-7-10-5-4-6-11(9(3)15)14(10)12/h7-8,11H,4-6H2,1-3H3. The molecule has 1 aromatic rings. The quantitative estimate of drug-likeness (QED) is 0.745. The van der Waals surface area contributed by atoms with Gasteiger partial charge in [-0.25, -0.2) is 4.98 Å². The zero-order valence-electron chi connectivity index (χ0n) is 9.66. The second-order valence-corrected chi connectivity index (χ2v) is 4.65. The Balaban J connectivity index is 2.47. The first-order valence-electron chi connectivity index (χ1n) is 5.67. The Morgan fingerprint density at radius 3 is 2.93 bits per heavy atom. The van der Waals surface area contributed by atoms with E-state index in [1.165, 1.54) is 5.69 Å². The van der Waals surface area contributed by atoms with Crippen LogP contribution in [-0.2, 0) is 11.2 Å². The molecular formula is C12H18N2O. The maximum Gasteiger partial charge on any atom is 0.152 e. The highest BCUT2D eigenvalue weighted by Gasteiger charge is 2.26. The Morgan fingerprint density at radius 1 is 1.60 bits per heavy atom. The van der Waals surface area contributed by atoms with Crippen LogP contribution in [0.25, 0.3) is 0 Å². The molecule has 2 rings (SSSR count). The minimum atomic E-state index is 0.0358. The van der Waals surface area contributed by atoms with E-state index >= 15 is 0 Å². The fraction of sp³-hybridized carbons (Fsp3) is 0.667. The Kier molecular flexibility index (Phi) is 2.63. The van der Waals surface area contributed by atoms with Crippen LogP contribution in [0.15, 0.2) is 6.20 Å². The van der Waals surface area contributed by atoms with Crippen molar-refractivity contribution < 1.29 is 4.79 Å². The fourth-order valence-corrected chi connectivity index (χ4v) is 2.37. The predicted molar refractivity (Wildman–Crippen MR) is 59.0 cm³/mol. The van der Waals surface area contributed by atoms with Crippen LogP contribution in [0.1, 0.15) is 57.1 Å². The molecule has 0 spiro atoms. The lowest BCUT2D eigenvalue weighted by Crippen LogP contribution is -2.25. The van der Waals surface area contributed by atoms with Gasteiger partial charge in [-0.2, -0.15) is 0 Å². The van der Waals surface area contributed by atoms with Gasteiger partial charge in [-0.15, -0.1) is 0 Å². The van der Waals surface area contributed by atoms with Crippen LogP contribution in [0.5, 0.6) is 0 Å². The maximum atomic E-state index is 11.6. The molecule has 1 atom stereocenters. The number of ketones is 1. The molecule has 82 valence electrons. The third-order valence-corrected chi connectivity index (χ3v) is 3.11. The van der Waals surface area contributed by atoms with Crippen molar-refractivity contribution in [3.63, 3.8) is 0 Å². The third-order valence-electron chi connectivity index (χ3n) is 3.11.